The lowest BCUT2D eigenvalue weighted by molar-refractivity contribution is 0.796. The molecule has 1 aromatic heterocycles. The van der Waals surface area contributed by atoms with Crippen LogP contribution in [0.15, 0.2) is 9.95 Å². The highest BCUT2D eigenvalue weighted by atomic mass is 32.2. The Morgan fingerprint density at radius 1 is 1.59 bits per heavy atom. The summed E-state index contributed by atoms with van der Waals surface area (Å²) in [5.74, 6) is -0.121. The first kappa shape index (κ1) is 11.4. The molecule has 1 aliphatic heterocycles. The van der Waals surface area contributed by atoms with Gasteiger partial charge in [0.15, 0.2) is 10.4 Å². The van der Waals surface area contributed by atoms with Gasteiger partial charge in [0.1, 0.15) is 17.5 Å². The van der Waals surface area contributed by atoms with Gasteiger partial charge in [0.05, 0.1) is 11.8 Å². The molecular weight excluding hydrogens is 238 g/mol. The Morgan fingerprint density at radius 3 is 2.82 bits per heavy atom. The Morgan fingerprint density at radius 2 is 2.29 bits per heavy atom. The summed E-state index contributed by atoms with van der Waals surface area (Å²) >= 11 is 1.06. The summed E-state index contributed by atoms with van der Waals surface area (Å²) in [4.78, 5) is 16.1. The van der Waals surface area contributed by atoms with Crippen LogP contribution in [-0.2, 0) is 6.42 Å². The Kier molecular flexibility index (Phi) is 2.70. The predicted octanol–water partition coefficient (Wildman–Crippen LogP) is 0.501. The lowest BCUT2D eigenvalue weighted by atomic mass is 10.2. The van der Waals surface area contributed by atoms with Crippen molar-refractivity contribution in [2.45, 2.75) is 23.8 Å². The normalized spacial score (nSPS) is 17.4. The van der Waals surface area contributed by atoms with Crippen molar-refractivity contribution in [1.82, 2.24) is 9.55 Å². The van der Waals surface area contributed by atoms with Crippen molar-refractivity contribution in [3.63, 3.8) is 0 Å². The maximum Gasteiger partial charge on any atom is 0.277 e. The number of nitrogens with zero attached hydrogens (tertiary/aromatic N) is 4. The lowest BCUT2D eigenvalue weighted by Gasteiger charge is -2.04. The fourth-order valence-electron chi connectivity index (χ4n) is 1.57. The number of thioether (sulfide) groups is 1. The molecule has 6 nitrogen and oxygen atoms in total. The topological polar surface area (TPSA) is 106 Å². The third-order valence-electron chi connectivity index (χ3n) is 2.40. The van der Waals surface area contributed by atoms with Crippen LogP contribution in [0.4, 0.5) is 0 Å². The maximum atomic E-state index is 12.0. The molecule has 0 spiro atoms. The van der Waals surface area contributed by atoms with Crippen LogP contribution in [0.3, 0.4) is 0 Å². The first-order chi connectivity index (χ1) is 8.13. The standard InChI is InChI=1S/C10H7N5OS/c1-2-6-5(3-11)9(16)15-8(13)7(4-12)17-10(15)14-6/h7,13H,2H2,1H3. The third-order valence-corrected chi connectivity index (χ3v) is 3.45. The average molecular weight is 245 g/mol. The largest absolute Gasteiger partial charge is 0.286 e. The van der Waals surface area contributed by atoms with Crippen molar-refractivity contribution < 1.29 is 0 Å². The van der Waals surface area contributed by atoms with E-state index in [-0.39, 0.29) is 11.4 Å². The first-order valence-electron chi connectivity index (χ1n) is 4.85. The molecule has 17 heavy (non-hydrogen) atoms. The summed E-state index contributed by atoms with van der Waals surface area (Å²) < 4.78 is 1.04. The van der Waals surface area contributed by atoms with Gasteiger partial charge >= 0.3 is 0 Å². The highest BCUT2D eigenvalue weighted by Gasteiger charge is 2.32. The molecular formula is C10H7N5OS. The zero-order valence-electron chi connectivity index (χ0n) is 8.89. The molecule has 1 N–H and O–H groups in total. The van der Waals surface area contributed by atoms with Crippen molar-refractivity contribution in [1.29, 1.82) is 15.9 Å². The van der Waals surface area contributed by atoms with Crippen LogP contribution in [0.5, 0.6) is 0 Å². The molecule has 0 amide bonds. The van der Waals surface area contributed by atoms with E-state index in [1.165, 1.54) is 0 Å². The van der Waals surface area contributed by atoms with Gasteiger partial charge in [-0.15, -0.1) is 0 Å². The van der Waals surface area contributed by atoms with Crippen molar-refractivity contribution >= 4 is 17.6 Å². The highest BCUT2D eigenvalue weighted by molar-refractivity contribution is 8.01. The molecule has 0 bridgehead atoms. The zero-order valence-corrected chi connectivity index (χ0v) is 9.71. The Balaban J connectivity index is 2.75. The second kappa shape index (κ2) is 4.04. The number of fused-ring (bicyclic) bond motifs is 1. The summed E-state index contributed by atoms with van der Waals surface area (Å²) in [6, 6.07) is 3.73. The quantitative estimate of drug-likeness (QED) is 0.725. The highest BCUT2D eigenvalue weighted by Crippen LogP contribution is 2.28. The fraction of sp³-hybridized carbons (Fsp3) is 0.300. The number of nitrogens with one attached hydrogen (secondary N) is 1. The molecule has 2 rings (SSSR count). The monoisotopic (exact) mass is 245 g/mol. The van der Waals surface area contributed by atoms with E-state index in [0.717, 1.165) is 16.3 Å². The van der Waals surface area contributed by atoms with E-state index >= 15 is 0 Å². The van der Waals surface area contributed by atoms with E-state index in [2.05, 4.69) is 4.98 Å². The summed E-state index contributed by atoms with van der Waals surface area (Å²) in [6.07, 6.45) is 0.469. The molecule has 2 heterocycles. The average Bonchev–Trinajstić information content (AvgIpc) is 2.65. The predicted molar refractivity (Wildman–Crippen MR) is 61.0 cm³/mol. The molecule has 1 aromatic rings. The summed E-state index contributed by atoms with van der Waals surface area (Å²) in [6.45, 7) is 1.80. The molecule has 1 atom stereocenters. The van der Waals surface area contributed by atoms with Gasteiger partial charge in [-0.3, -0.25) is 10.2 Å². The van der Waals surface area contributed by atoms with Gasteiger partial charge in [0.25, 0.3) is 5.56 Å². The molecule has 7 heteroatoms. The molecule has 0 saturated heterocycles. The number of hydrogen-bond acceptors (Lipinski definition) is 6. The van der Waals surface area contributed by atoms with Gasteiger partial charge in [0.2, 0.25) is 0 Å². The maximum absolute atomic E-state index is 12.0. The third kappa shape index (κ3) is 1.52. The van der Waals surface area contributed by atoms with Gasteiger partial charge in [-0.2, -0.15) is 10.5 Å². The zero-order chi connectivity index (χ0) is 12.6. The molecule has 1 unspecified atom stereocenters. The van der Waals surface area contributed by atoms with Crippen LogP contribution >= 0.6 is 11.8 Å². The molecule has 84 valence electrons. The number of rotatable bonds is 1. The number of hydrogen-bond donors (Lipinski definition) is 1. The van der Waals surface area contributed by atoms with Crippen LogP contribution in [-0.4, -0.2) is 20.6 Å². The van der Waals surface area contributed by atoms with Crippen molar-refractivity contribution in [3.8, 4) is 12.1 Å². The second-order valence-corrected chi connectivity index (χ2v) is 4.41. The van der Waals surface area contributed by atoms with Crippen molar-refractivity contribution in [2.24, 2.45) is 0 Å². The van der Waals surface area contributed by atoms with Crippen LogP contribution in [0, 0.1) is 28.1 Å². The minimum Gasteiger partial charge on any atom is -0.286 e. The van der Waals surface area contributed by atoms with Crippen molar-refractivity contribution in [2.75, 3.05) is 0 Å². The lowest BCUT2D eigenvalue weighted by Crippen LogP contribution is -2.31. The summed E-state index contributed by atoms with van der Waals surface area (Å²) in [7, 11) is 0. The van der Waals surface area contributed by atoms with Crippen LogP contribution in [0.2, 0.25) is 0 Å². The van der Waals surface area contributed by atoms with Gasteiger partial charge in [0, 0.05) is 0 Å². The van der Waals surface area contributed by atoms with E-state index in [1.807, 2.05) is 12.1 Å². The first-order valence-corrected chi connectivity index (χ1v) is 5.73. The Bertz CT molecular complexity index is 648. The van der Waals surface area contributed by atoms with Gasteiger partial charge in [-0.1, -0.05) is 18.7 Å². The summed E-state index contributed by atoms with van der Waals surface area (Å²) in [5, 5.41) is 25.0. The number of nitriles is 2. The SMILES string of the molecule is CCc1nc2n(c(=O)c1C#N)C(=N)C(C#N)S2. The summed E-state index contributed by atoms with van der Waals surface area (Å²) in [5.41, 5.74) is -0.174. The Hall–Kier alpha value is -2.12. The van der Waals surface area contributed by atoms with Crippen LogP contribution < -0.4 is 5.56 Å². The number of aryl methyl sites for hydroxylation is 1. The van der Waals surface area contributed by atoms with E-state index in [9.17, 15) is 4.79 Å². The van der Waals surface area contributed by atoms with Crippen molar-refractivity contribution in [3.05, 3.63) is 21.6 Å². The van der Waals surface area contributed by atoms with Crippen LogP contribution in [0.25, 0.3) is 0 Å². The van der Waals surface area contributed by atoms with E-state index in [1.54, 1.807) is 6.92 Å². The van der Waals surface area contributed by atoms with Gasteiger partial charge < -0.3 is 0 Å². The fourth-order valence-corrected chi connectivity index (χ4v) is 2.50. The molecule has 1 aliphatic rings. The van der Waals surface area contributed by atoms with E-state index < -0.39 is 10.8 Å². The van der Waals surface area contributed by atoms with E-state index in [0.29, 0.717) is 17.3 Å². The molecule has 0 aliphatic carbocycles. The molecule has 0 saturated carbocycles. The molecule has 0 fully saturated rings. The smallest absolute Gasteiger partial charge is 0.277 e. The molecule has 0 radical (unpaired) electrons. The van der Waals surface area contributed by atoms with E-state index in [4.69, 9.17) is 15.9 Å². The minimum atomic E-state index is -0.728. The Labute approximate surface area is 101 Å². The second-order valence-electron chi connectivity index (χ2n) is 3.33. The van der Waals surface area contributed by atoms with Gasteiger partial charge in [-0.05, 0) is 6.42 Å². The van der Waals surface area contributed by atoms with Gasteiger partial charge in [-0.25, -0.2) is 9.55 Å². The van der Waals surface area contributed by atoms with Crippen LogP contribution in [0.1, 0.15) is 18.2 Å². The molecule has 0 aromatic carbocycles. The number of aromatic nitrogens is 2. The minimum absolute atomic E-state index is 0.0415.